The summed E-state index contributed by atoms with van der Waals surface area (Å²) >= 11 is 0. The third-order valence-corrected chi connectivity index (χ3v) is 5.82. The Kier molecular flexibility index (Phi) is 7.89. The molecule has 0 aliphatic rings. The van der Waals surface area contributed by atoms with Crippen LogP contribution in [0.4, 0.5) is 13.2 Å². The molecule has 3 rings (SSSR count). The van der Waals surface area contributed by atoms with E-state index >= 15 is 0 Å². The molecule has 0 amide bonds. The van der Waals surface area contributed by atoms with Crippen LogP contribution in [0, 0.1) is 0 Å². The molecule has 1 N–H and O–H groups in total. The summed E-state index contributed by atoms with van der Waals surface area (Å²) in [7, 11) is 0. The summed E-state index contributed by atoms with van der Waals surface area (Å²) < 4.78 is 49.6. The lowest BCUT2D eigenvalue weighted by atomic mass is 10.00. The number of ether oxygens (including phenoxy) is 2. The van der Waals surface area contributed by atoms with E-state index in [1.54, 1.807) is 31.2 Å². The van der Waals surface area contributed by atoms with Gasteiger partial charge in [0.1, 0.15) is 18.1 Å². The van der Waals surface area contributed by atoms with E-state index in [1.165, 1.54) is 19.1 Å². The number of carbonyl (C=O) groups is 1. The maximum absolute atomic E-state index is 12.7. The van der Waals surface area contributed by atoms with Crippen molar-refractivity contribution in [2.24, 2.45) is 0 Å². The van der Waals surface area contributed by atoms with E-state index in [0.717, 1.165) is 28.8 Å². The lowest BCUT2D eigenvalue weighted by Gasteiger charge is -2.24. The number of aliphatic carboxylic acids is 1. The summed E-state index contributed by atoms with van der Waals surface area (Å²) in [6, 6.07) is 19.4. The van der Waals surface area contributed by atoms with Crippen molar-refractivity contribution in [3.05, 3.63) is 90.0 Å². The van der Waals surface area contributed by atoms with Crippen LogP contribution in [0.5, 0.6) is 11.5 Å². The molecule has 1 atom stereocenters. The molecule has 4 nitrogen and oxygen atoms in total. The number of hydrogen-bond acceptors (Lipinski definition) is 3. The SMILES string of the molecule is CCC(C)(Oc1ccc(OC/C=C(\C)c2ccc(-c3ccc(C(F)(F)F)cc3)cc2)cc1)C(=O)O. The fraction of sp³-hybridized carbons (Fsp3) is 0.250. The molecule has 0 heterocycles. The molecule has 0 saturated carbocycles. The molecule has 35 heavy (non-hydrogen) atoms. The minimum Gasteiger partial charge on any atom is -0.490 e. The molecular formula is C28H27F3O4. The number of allylic oxidation sites excluding steroid dienone is 1. The molecule has 0 aliphatic heterocycles. The highest BCUT2D eigenvalue weighted by atomic mass is 19.4. The van der Waals surface area contributed by atoms with Crippen LogP contribution in [0.15, 0.2) is 78.9 Å². The fourth-order valence-corrected chi connectivity index (χ4v) is 3.29. The average molecular weight is 485 g/mol. The molecule has 0 aliphatic carbocycles. The molecule has 1 unspecified atom stereocenters. The van der Waals surface area contributed by atoms with Gasteiger partial charge in [-0.15, -0.1) is 0 Å². The molecule has 0 saturated heterocycles. The zero-order valence-corrected chi connectivity index (χ0v) is 19.7. The van der Waals surface area contributed by atoms with Crippen LogP contribution < -0.4 is 9.47 Å². The summed E-state index contributed by atoms with van der Waals surface area (Å²) in [5, 5.41) is 9.33. The Balaban J connectivity index is 1.58. The number of hydrogen-bond donors (Lipinski definition) is 1. The summed E-state index contributed by atoms with van der Waals surface area (Å²) in [6.45, 7) is 5.56. The second-order valence-electron chi connectivity index (χ2n) is 8.31. The molecule has 0 spiro atoms. The predicted octanol–water partition coefficient (Wildman–Crippen LogP) is 7.49. The Labute approximate surface area is 202 Å². The summed E-state index contributed by atoms with van der Waals surface area (Å²) in [4.78, 5) is 11.4. The zero-order valence-electron chi connectivity index (χ0n) is 19.7. The Morgan fingerprint density at radius 2 is 1.40 bits per heavy atom. The summed E-state index contributed by atoms with van der Waals surface area (Å²) in [5.74, 6) is 0.0462. The highest BCUT2D eigenvalue weighted by Crippen LogP contribution is 2.31. The fourth-order valence-electron chi connectivity index (χ4n) is 3.29. The number of benzene rings is 3. The van der Waals surface area contributed by atoms with Crippen LogP contribution in [0.2, 0.25) is 0 Å². The average Bonchev–Trinajstić information content (AvgIpc) is 2.84. The van der Waals surface area contributed by atoms with Gasteiger partial charge in [0.25, 0.3) is 0 Å². The normalized spacial score (nSPS) is 13.7. The third kappa shape index (κ3) is 6.66. The molecule has 3 aromatic rings. The first-order chi connectivity index (χ1) is 16.5. The topological polar surface area (TPSA) is 55.8 Å². The summed E-state index contributed by atoms with van der Waals surface area (Å²) in [5.41, 5.74) is 1.55. The van der Waals surface area contributed by atoms with Crippen molar-refractivity contribution >= 4 is 11.5 Å². The van der Waals surface area contributed by atoms with Gasteiger partial charge in [-0.2, -0.15) is 13.2 Å². The Bertz CT molecular complexity index is 1160. The van der Waals surface area contributed by atoms with Gasteiger partial charge in [0.05, 0.1) is 5.56 Å². The molecule has 0 bridgehead atoms. The zero-order chi connectivity index (χ0) is 25.6. The van der Waals surface area contributed by atoms with Crippen LogP contribution in [-0.4, -0.2) is 23.3 Å². The Hall–Kier alpha value is -3.74. The van der Waals surface area contributed by atoms with Crippen molar-refractivity contribution in [2.75, 3.05) is 6.61 Å². The second kappa shape index (κ2) is 10.7. The first-order valence-corrected chi connectivity index (χ1v) is 11.1. The molecule has 0 radical (unpaired) electrons. The lowest BCUT2D eigenvalue weighted by Crippen LogP contribution is -2.40. The van der Waals surface area contributed by atoms with E-state index < -0.39 is 23.3 Å². The van der Waals surface area contributed by atoms with Crippen LogP contribution >= 0.6 is 0 Å². The Morgan fingerprint density at radius 3 is 1.89 bits per heavy atom. The van der Waals surface area contributed by atoms with E-state index in [-0.39, 0.29) is 0 Å². The molecule has 184 valence electrons. The maximum Gasteiger partial charge on any atom is 0.416 e. The van der Waals surface area contributed by atoms with Gasteiger partial charge in [0.15, 0.2) is 0 Å². The molecule has 0 fully saturated rings. The maximum atomic E-state index is 12.7. The van der Waals surface area contributed by atoms with Gasteiger partial charge in [0.2, 0.25) is 5.60 Å². The van der Waals surface area contributed by atoms with Crippen LogP contribution in [0.3, 0.4) is 0 Å². The van der Waals surface area contributed by atoms with Crippen molar-refractivity contribution in [3.8, 4) is 22.6 Å². The lowest BCUT2D eigenvalue weighted by molar-refractivity contribution is -0.154. The minimum absolute atomic E-state index is 0.328. The Morgan fingerprint density at radius 1 is 0.886 bits per heavy atom. The largest absolute Gasteiger partial charge is 0.490 e. The standard InChI is InChI=1S/C28H27F3O4/c1-4-27(3,26(32)33)35-25-15-13-24(14-16-25)34-18-17-19(2)20-5-7-21(8-6-20)22-9-11-23(12-10-22)28(29,30)31/h5-17H,4,18H2,1-3H3,(H,32,33)/b19-17+. The number of carboxylic acids is 1. The van der Waals surface area contributed by atoms with E-state index in [1.807, 2.05) is 37.3 Å². The van der Waals surface area contributed by atoms with E-state index in [9.17, 15) is 23.1 Å². The van der Waals surface area contributed by atoms with Crippen LogP contribution in [0.25, 0.3) is 16.7 Å². The molecule has 7 heteroatoms. The van der Waals surface area contributed by atoms with Gasteiger partial charge in [-0.25, -0.2) is 4.79 Å². The highest BCUT2D eigenvalue weighted by Gasteiger charge is 2.33. The van der Waals surface area contributed by atoms with Crippen molar-refractivity contribution < 1.29 is 32.5 Å². The van der Waals surface area contributed by atoms with Gasteiger partial charge >= 0.3 is 12.1 Å². The smallest absolute Gasteiger partial charge is 0.416 e. The van der Waals surface area contributed by atoms with Crippen LogP contribution in [-0.2, 0) is 11.0 Å². The van der Waals surface area contributed by atoms with Crippen LogP contribution in [0.1, 0.15) is 38.3 Å². The molecule has 0 aromatic heterocycles. The van der Waals surface area contributed by atoms with Gasteiger partial charge in [-0.05, 0) is 85.0 Å². The van der Waals surface area contributed by atoms with Gasteiger partial charge in [-0.1, -0.05) is 43.3 Å². The van der Waals surface area contributed by atoms with Gasteiger partial charge in [-0.3, -0.25) is 0 Å². The summed E-state index contributed by atoms with van der Waals surface area (Å²) in [6.07, 6.45) is -2.09. The first-order valence-electron chi connectivity index (χ1n) is 11.1. The van der Waals surface area contributed by atoms with Crippen molar-refractivity contribution in [3.63, 3.8) is 0 Å². The highest BCUT2D eigenvalue weighted by molar-refractivity contribution is 5.77. The van der Waals surface area contributed by atoms with Crippen molar-refractivity contribution in [1.82, 2.24) is 0 Å². The monoisotopic (exact) mass is 484 g/mol. The molecular weight excluding hydrogens is 457 g/mol. The first kappa shape index (κ1) is 25.9. The van der Waals surface area contributed by atoms with E-state index in [2.05, 4.69) is 0 Å². The van der Waals surface area contributed by atoms with Crippen molar-refractivity contribution in [1.29, 1.82) is 0 Å². The second-order valence-corrected chi connectivity index (χ2v) is 8.31. The number of halogens is 3. The third-order valence-electron chi connectivity index (χ3n) is 5.82. The number of rotatable bonds is 9. The molecule has 3 aromatic carbocycles. The minimum atomic E-state index is -4.35. The van der Waals surface area contributed by atoms with Gasteiger partial charge in [0, 0.05) is 0 Å². The van der Waals surface area contributed by atoms with Crippen molar-refractivity contribution in [2.45, 2.75) is 39.0 Å². The van der Waals surface area contributed by atoms with E-state index in [0.29, 0.717) is 30.1 Å². The quantitative estimate of drug-likeness (QED) is 0.342. The predicted molar refractivity (Wildman–Crippen MR) is 129 cm³/mol. The number of carboxylic acid groups (broad SMARTS) is 1. The number of alkyl halides is 3. The van der Waals surface area contributed by atoms with E-state index in [4.69, 9.17) is 9.47 Å². The van der Waals surface area contributed by atoms with Gasteiger partial charge < -0.3 is 14.6 Å².